The molecular weight excluding hydrogens is 550 g/mol. The fourth-order valence-corrected chi connectivity index (χ4v) is 4.77. The number of Topliss-reactive ketones (excluding diaryl/α,β-unsaturated/α-hetero) is 1. The highest BCUT2D eigenvalue weighted by molar-refractivity contribution is 6.38. The van der Waals surface area contributed by atoms with E-state index in [4.69, 9.17) is 18.9 Å². The molecule has 0 aliphatic carbocycles. The predicted octanol–water partition coefficient (Wildman–Crippen LogP) is 5.11. The number of likely N-dealkylation sites (tertiary alicyclic amines) is 1. The Morgan fingerprint density at radius 2 is 1.14 bits per heavy atom. The maximum atomic E-state index is 13.3. The van der Waals surface area contributed by atoms with Crippen molar-refractivity contribution >= 4 is 23.6 Å². The summed E-state index contributed by atoms with van der Waals surface area (Å²) in [5.41, 5.74) is 1.39. The highest BCUT2D eigenvalue weighted by Gasteiger charge is 2.53. The van der Waals surface area contributed by atoms with Gasteiger partial charge in [0.2, 0.25) is 5.78 Å². The van der Waals surface area contributed by atoms with E-state index in [1.54, 1.807) is 28.1 Å². The Balaban J connectivity index is 1.49. The normalized spacial score (nSPS) is 16.2. The van der Waals surface area contributed by atoms with Gasteiger partial charge in [0, 0.05) is 11.8 Å². The van der Waals surface area contributed by atoms with Crippen LogP contribution >= 0.6 is 0 Å². The molecule has 0 radical (unpaired) electrons. The number of aryl methyl sites for hydroxylation is 2. The molecule has 1 aliphatic rings. The Morgan fingerprint density at radius 1 is 0.721 bits per heavy atom. The molecule has 1 fully saturated rings. The van der Waals surface area contributed by atoms with Gasteiger partial charge in [-0.15, -0.1) is 0 Å². The first-order chi connectivity index (χ1) is 20.6. The van der Waals surface area contributed by atoms with Gasteiger partial charge in [-0.25, -0.2) is 9.59 Å². The number of unbranched alkanes of at least 4 members (excludes halogenated alkanes) is 2. The second-order valence-electron chi connectivity index (χ2n) is 11.5. The minimum absolute atomic E-state index is 0.0704. The Labute approximate surface area is 254 Å². The van der Waals surface area contributed by atoms with Crippen molar-refractivity contribution in [2.24, 2.45) is 5.41 Å². The number of hydrogen-bond donors (Lipinski definition) is 0. The van der Waals surface area contributed by atoms with E-state index in [0.29, 0.717) is 19.3 Å². The number of esters is 2. The van der Waals surface area contributed by atoms with E-state index in [1.807, 2.05) is 55.5 Å². The minimum atomic E-state index is -0.988. The number of nitrogens with zero attached hydrogens (tertiary/aromatic N) is 1. The fraction of sp³-hybridized carbons (Fsp3) is 0.529. The van der Waals surface area contributed by atoms with Crippen molar-refractivity contribution in [1.82, 2.24) is 4.90 Å². The summed E-state index contributed by atoms with van der Waals surface area (Å²) in [5, 5.41) is 0. The second-order valence-corrected chi connectivity index (χ2v) is 11.5. The Morgan fingerprint density at radius 3 is 1.51 bits per heavy atom. The van der Waals surface area contributed by atoms with Crippen LogP contribution in [0.2, 0.25) is 0 Å². The van der Waals surface area contributed by atoms with E-state index < -0.39 is 41.1 Å². The number of ketones is 1. The lowest BCUT2D eigenvalue weighted by Gasteiger charge is -2.45. The van der Waals surface area contributed by atoms with Crippen molar-refractivity contribution in [2.45, 2.75) is 84.2 Å². The molecule has 0 aromatic heterocycles. The maximum Gasteiger partial charge on any atom is 0.328 e. The molecule has 0 saturated carbocycles. The summed E-state index contributed by atoms with van der Waals surface area (Å²) in [6.07, 6.45) is 5.06. The summed E-state index contributed by atoms with van der Waals surface area (Å²) in [5.74, 6) is -1.10. The standard InChI is InChI=1S/C34H45NO8/c1-6-34(2,3)30(36)31(37)35-28(32(38)42-21-9-7-11-24-13-17-26(40-4)18-14-24)23-29(35)33(39)43-22-10-8-12-25-15-19-27(41-5)20-16-25/h13-20,28-29H,6-12,21-23H2,1-5H3/t28-,29-/m0/s1. The molecule has 43 heavy (non-hydrogen) atoms. The number of hydrogen-bond acceptors (Lipinski definition) is 8. The van der Waals surface area contributed by atoms with Crippen LogP contribution in [0.15, 0.2) is 48.5 Å². The first-order valence-electron chi connectivity index (χ1n) is 15.1. The third-order valence-electron chi connectivity index (χ3n) is 8.12. The topological polar surface area (TPSA) is 108 Å². The number of carbonyl (C=O) groups excluding carboxylic acids is 4. The summed E-state index contributed by atoms with van der Waals surface area (Å²) in [4.78, 5) is 53.2. The van der Waals surface area contributed by atoms with Crippen LogP contribution < -0.4 is 9.47 Å². The van der Waals surface area contributed by atoms with Crippen molar-refractivity contribution in [3.63, 3.8) is 0 Å². The van der Waals surface area contributed by atoms with E-state index in [1.165, 1.54) is 0 Å². The maximum absolute atomic E-state index is 13.3. The van der Waals surface area contributed by atoms with Gasteiger partial charge in [-0.1, -0.05) is 45.0 Å². The van der Waals surface area contributed by atoms with Crippen molar-refractivity contribution in [3.05, 3.63) is 59.7 Å². The molecule has 1 saturated heterocycles. The summed E-state index contributed by atoms with van der Waals surface area (Å²) in [6, 6.07) is 13.6. The van der Waals surface area contributed by atoms with Crippen LogP contribution in [0.3, 0.4) is 0 Å². The molecule has 0 N–H and O–H groups in total. The van der Waals surface area contributed by atoms with Gasteiger partial charge in [0.05, 0.1) is 27.4 Å². The number of ether oxygens (including phenoxy) is 4. The molecule has 2 aromatic carbocycles. The smallest absolute Gasteiger partial charge is 0.328 e. The molecule has 2 aromatic rings. The first-order valence-corrected chi connectivity index (χ1v) is 15.1. The summed E-state index contributed by atoms with van der Waals surface area (Å²) >= 11 is 0. The molecule has 3 rings (SSSR count). The van der Waals surface area contributed by atoms with Crippen molar-refractivity contribution in [2.75, 3.05) is 27.4 Å². The second kappa shape index (κ2) is 16.1. The van der Waals surface area contributed by atoms with Gasteiger partial charge in [-0.2, -0.15) is 0 Å². The number of carbonyl (C=O) groups is 4. The molecule has 9 heteroatoms. The molecule has 0 bridgehead atoms. The van der Waals surface area contributed by atoms with Gasteiger partial charge in [-0.05, 0) is 80.3 Å². The van der Waals surface area contributed by atoms with Crippen LogP contribution in [-0.4, -0.2) is 68.0 Å². The van der Waals surface area contributed by atoms with Gasteiger partial charge in [0.15, 0.2) is 0 Å². The summed E-state index contributed by atoms with van der Waals surface area (Å²) in [6.45, 7) is 5.55. The highest BCUT2D eigenvalue weighted by atomic mass is 16.5. The van der Waals surface area contributed by atoms with Crippen molar-refractivity contribution in [1.29, 1.82) is 0 Å². The lowest BCUT2D eigenvalue weighted by molar-refractivity contribution is -0.179. The van der Waals surface area contributed by atoms with Crippen molar-refractivity contribution in [3.8, 4) is 11.5 Å². The largest absolute Gasteiger partial charge is 0.497 e. The Hall–Kier alpha value is -3.88. The summed E-state index contributed by atoms with van der Waals surface area (Å²) < 4.78 is 21.3. The lowest BCUT2D eigenvalue weighted by Crippen LogP contribution is -2.67. The zero-order valence-electron chi connectivity index (χ0n) is 26.1. The zero-order chi connectivity index (χ0) is 31.4. The van der Waals surface area contributed by atoms with E-state index in [2.05, 4.69) is 0 Å². The molecule has 234 valence electrons. The van der Waals surface area contributed by atoms with Gasteiger partial charge in [0.1, 0.15) is 23.6 Å². The van der Waals surface area contributed by atoms with E-state index in [0.717, 1.165) is 53.2 Å². The predicted molar refractivity (Wildman–Crippen MR) is 162 cm³/mol. The van der Waals surface area contributed by atoms with Crippen LogP contribution in [-0.2, 0) is 41.5 Å². The van der Waals surface area contributed by atoms with Crippen LogP contribution in [0, 0.1) is 5.41 Å². The molecule has 0 spiro atoms. The average molecular weight is 596 g/mol. The molecule has 1 heterocycles. The monoisotopic (exact) mass is 595 g/mol. The van der Waals surface area contributed by atoms with Gasteiger partial charge in [0.25, 0.3) is 5.91 Å². The SMILES string of the molecule is CCC(C)(C)C(=O)C(=O)N1[C@H](C(=O)OCCCCc2ccc(OC)cc2)C[C@H]1C(=O)OCCCCc1ccc(OC)cc1. The highest BCUT2D eigenvalue weighted by Crippen LogP contribution is 2.32. The molecule has 1 amide bonds. The number of amides is 1. The van der Waals surface area contributed by atoms with Crippen LogP contribution in [0.25, 0.3) is 0 Å². The molecule has 9 nitrogen and oxygen atoms in total. The van der Waals surface area contributed by atoms with E-state index in [9.17, 15) is 19.2 Å². The fourth-order valence-electron chi connectivity index (χ4n) is 4.77. The zero-order valence-corrected chi connectivity index (χ0v) is 26.1. The van der Waals surface area contributed by atoms with E-state index >= 15 is 0 Å². The average Bonchev–Trinajstić information content (AvgIpc) is 3.00. The third kappa shape index (κ3) is 9.30. The summed E-state index contributed by atoms with van der Waals surface area (Å²) in [7, 11) is 3.25. The van der Waals surface area contributed by atoms with Crippen LogP contribution in [0.1, 0.15) is 70.4 Å². The number of methoxy groups -OCH3 is 2. The number of benzene rings is 2. The quantitative estimate of drug-likeness (QED) is 0.141. The van der Waals surface area contributed by atoms with E-state index in [-0.39, 0.29) is 19.6 Å². The molecular formula is C34H45NO8. The lowest BCUT2D eigenvalue weighted by atomic mass is 9.82. The minimum Gasteiger partial charge on any atom is -0.497 e. The third-order valence-corrected chi connectivity index (χ3v) is 8.12. The van der Waals surface area contributed by atoms with Crippen LogP contribution in [0.4, 0.5) is 0 Å². The van der Waals surface area contributed by atoms with Gasteiger partial charge < -0.3 is 23.8 Å². The Bertz CT molecular complexity index is 1150. The molecule has 0 unspecified atom stereocenters. The number of rotatable bonds is 17. The Kier molecular flexibility index (Phi) is 12.6. The molecule has 2 atom stereocenters. The molecule has 1 aliphatic heterocycles. The van der Waals surface area contributed by atoms with Gasteiger partial charge in [-0.3, -0.25) is 9.59 Å². The van der Waals surface area contributed by atoms with Gasteiger partial charge >= 0.3 is 11.9 Å². The first kappa shape index (κ1) is 33.6. The van der Waals surface area contributed by atoms with Crippen LogP contribution in [0.5, 0.6) is 11.5 Å². The van der Waals surface area contributed by atoms with Crippen molar-refractivity contribution < 1.29 is 38.1 Å².